The maximum Gasteiger partial charge on any atom is 0.252 e. The van der Waals surface area contributed by atoms with Gasteiger partial charge in [-0.05, 0) is 43.2 Å². The first-order valence-electron chi connectivity index (χ1n) is 9.06. The number of anilines is 1. The molecule has 1 amide bonds. The minimum atomic E-state index is -0.504. The summed E-state index contributed by atoms with van der Waals surface area (Å²) in [6.07, 6.45) is 2.04. The number of hydrogen-bond acceptors (Lipinski definition) is 5. The van der Waals surface area contributed by atoms with Gasteiger partial charge in [-0.3, -0.25) is 9.78 Å². The summed E-state index contributed by atoms with van der Waals surface area (Å²) in [6.45, 7) is 2.93. The molecule has 2 aromatic heterocycles. The number of aliphatic hydroxyl groups excluding tert-OH is 1. The van der Waals surface area contributed by atoms with Crippen LogP contribution in [0.25, 0.3) is 10.9 Å². The summed E-state index contributed by atoms with van der Waals surface area (Å²) < 4.78 is 0. The van der Waals surface area contributed by atoms with E-state index in [4.69, 9.17) is 5.73 Å². The van der Waals surface area contributed by atoms with E-state index in [1.165, 1.54) is 5.56 Å². The summed E-state index contributed by atoms with van der Waals surface area (Å²) in [6, 6.07) is 13.5. The molecular formula is C21H22N4O2. The molecule has 1 fully saturated rings. The number of aryl methyl sites for hydroxylation is 1. The highest BCUT2D eigenvalue weighted by Crippen LogP contribution is 2.29. The number of β-amino-alcohol motifs (C(OH)–C–C–N with tert-alkyl or cyclic N) is 1. The van der Waals surface area contributed by atoms with Crippen molar-refractivity contribution < 1.29 is 9.90 Å². The number of aliphatic hydroxyl groups is 1. The van der Waals surface area contributed by atoms with E-state index in [1.54, 1.807) is 12.1 Å². The molecule has 138 valence electrons. The number of aromatic nitrogens is 2. The van der Waals surface area contributed by atoms with Gasteiger partial charge < -0.3 is 15.7 Å². The van der Waals surface area contributed by atoms with Crippen molar-refractivity contribution in [2.24, 2.45) is 11.7 Å². The van der Waals surface area contributed by atoms with E-state index in [0.29, 0.717) is 24.5 Å². The summed E-state index contributed by atoms with van der Waals surface area (Å²) in [5.41, 5.74) is 8.84. The van der Waals surface area contributed by atoms with Crippen LogP contribution in [-0.2, 0) is 6.42 Å². The van der Waals surface area contributed by atoms with E-state index in [0.717, 1.165) is 23.0 Å². The molecule has 0 radical (unpaired) electrons. The first kappa shape index (κ1) is 17.4. The molecule has 0 spiro atoms. The summed E-state index contributed by atoms with van der Waals surface area (Å²) in [5.74, 6) is 0.0954. The second kappa shape index (κ2) is 6.96. The molecule has 4 rings (SSSR count). The molecule has 0 saturated carbocycles. The second-order valence-electron chi connectivity index (χ2n) is 7.11. The van der Waals surface area contributed by atoms with Crippen LogP contribution >= 0.6 is 0 Å². The van der Waals surface area contributed by atoms with Gasteiger partial charge >= 0.3 is 0 Å². The van der Waals surface area contributed by atoms with Crippen LogP contribution in [0, 0.1) is 12.8 Å². The Kier molecular flexibility index (Phi) is 4.49. The first-order chi connectivity index (χ1) is 13.0. The maximum absolute atomic E-state index is 11.8. The van der Waals surface area contributed by atoms with E-state index in [-0.39, 0.29) is 5.92 Å². The molecular weight excluding hydrogens is 340 g/mol. The lowest BCUT2D eigenvalue weighted by atomic mass is 9.94. The minimum Gasteiger partial charge on any atom is -0.391 e. The fourth-order valence-corrected chi connectivity index (χ4v) is 3.82. The molecule has 1 saturated heterocycles. The lowest BCUT2D eigenvalue weighted by Crippen LogP contribution is -2.26. The Balaban J connectivity index is 1.61. The number of carbonyl (C=O) groups is 1. The summed E-state index contributed by atoms with van der Waals surface area (Å²) >= 11 is 0. The second-order valence-corrected chi connectivity index (χ2v) is 7.11. The van der Waals surface area contributed by atoms with Crippen molar-refractivity contribution in [2.45, 2.75) is 19.4 Å². The Hall–Kier alpha value is -2.99. The van der Waals surface area contributed by atoms with Crippen molar-refractivity contribution in [2.75, 3.05) is 18.0 Å². The van der Waals surface area contributed by atoms with Gasteiger partial charge in [-0.1, -0.05) is 18.2 Å². The van der Waals surface area contributed by atoms with Crippen LogP contribution in [0.2, 0.25) is 0 Å². The number of nitrogens with two attached hydrogens (primary N) is 1. The molecule has 3 N–H and O–H groups in total. The monoisotopic (exact) mass is 362 g/mol. The fraction of sp³-hybridized carbons (Fsp3) is 0.286. The topological polar surface area (TPSA) is 92.3 Å². The third-order valence-corrected chi connectivity index (χ3v) is 5.21. The van der Waals surface area contributed by atoms with Gasteiger partial charge in [0, 0.05) is 36.3 Å². The van der Waals surface area contributed by atoms with Crippen molar-refractivity contribution in [1.29, 1.82) is 0 Å². The molecule has 0 bridgehead atoms. The average molecular weight is 362 g/mol. The van der Waals surface area contributed by atoms with Crippen LogP contribution in [-0.4, -0.2) is 40.2 Å². The highest BCUT2D eigenvalue weighted by molar-refractivity contribution is 5.97. The van der Waals surface area contributed by atoms with Crippen molar-refractivity contribution in [3.05, 3.63) is 65.5 Å². The Morgan fingerprint density at radius 1 is 1.22 bits per heavy atom. The van der Waals surface area contributed by atoms with Crippen LogP contribution in [0.15, 0.2) is 48.7 Å². The Labute approximate surface area is 157 Å². The zero-order valence-electron chi connectivity index (χ0n) is 15.2. The number of rotatable bonds is 4. The molecule has 3 aromatic rings. The van der Waals surface area contributed by atoms with Gasteiger partial charge in [0.25, 0.3) is 5.91 Å². The van der Waals surface area contributed by atoms with E-state index >= 15 is 0 Å². The fourth-order valence-electron chi connectivity index (χ4n) is 3.82. The molecule has 27 heavy (non-hydrogen) atoms. The quantitative estimate of drug-likeness (QED) is 0.741. The van der Waals surface area contributed by atoms with Crippen molar-refractivity contribution in [3.63, 3.8) is 0 Å². The highest BCUT2D eigenvalue weighted by Gasteiger charge is 2.34. The number of benzene rings is 1. The smallest absolute Gasteiger partial charge is 0.252 e. The highest BCUT2D eigenvalue weighted by atomic mass is 16.3. The molecule has 1 aliphatic heterocycles. The van der Waals surface area contributed by atoms with Crippen LogP contribution < -0.4 is 10.6 Å². The Bertz CT molecular complexity index is 999. The number of carbonyl (C=O) groups excluding carboxylic acids is 1. The number of nitrogens with zero attached hydrogens (tertiary/aromatic N) is 3. The maximum atomic E-state index is 11.8. The number of para-hydroxylation sites is 1. The van der Waals surface area contributed by atoms with Crippen molar-refractivity contribution in [1.82, 2.24) is 9.97 Å². The first-order valence-corrected chi connectivity index (χ1v) is 9.06. The minimum absolute atomic E-state index is 0.0406. The van der Waals surface area contributed by atoms with Crippen LogP contribution in [0.5, 0.6) is 0 Å². The van der Waals surface area contributed by atoms with Crippen LogP contribution in [0.3, 0.4) is 0 Å². The molecule has 0 aliphatic carbocycles. The number of amides is 1. The zero-order valence-corrected chi connectivity index (χ0v) is 15.2. The summed E-state index contributed by atoms with van der Waals surface area (Å²) in [7, 11) is 0. The van der Waals surface area contributed by atoms with Gasteiger partial charge in [0.15, 0.2) is 0 Å². The third kappa shape index (κ3) is 3.36. The molecule has 2 atom stereocenters. The Morgan fingerprint density at radius 3 is 2.85 bits per heavy atom. The van der Waals surface area contributed by atoms with Gasteiger partial charge in [0.1, 0.15) is 5.82 Å². The van der Waals surface area contributed by atoms with E-state index in [2.05, 4.69) is 16.0 Å². The molecule has 1 aromatic carbocycles. The van der Waals surface area contributed by atoms with Crippen molar-refractivity contribution >= 4 is 22.6 Å². The van der Waals surface area contributed by atoms with E-state index in [1.807, 2.05) is 42.3 Å². The predicted octanol–water partition coefficient (Wildman–Crippen LogP) is 2.08. The van der Waals surface area contributed by atoms with E-state index < -0.39 is 12.0 Å². The van der Waals surface area contributed by atoms with Crippen LogP contribution in [0.1, 0.15) is 21.6 Å². The van der Waals surface area contributed by atoms with Gasteiger partial charge in [0.2, 0.25) is 0 Å². The number of pyridine rings is 2. The lowest BCUT2D eigenvalue weighted by molar-refractivity contribution is 0.100. The number of primary amides is 1. The number of hydrogen-bond donors (Lipinski definition) is 2. The third-order valence-electron chi connectivity index (χ3n) is 5.21. The predicted molar refractivity (Wildman–Crippen MR) is 105 cm³/mol. The SMILES string of the molecule is Cc1ccc(C(N)=O)c(N2C[C@@H](Cc3ccnc4ccccc34)[C@@H](O)C2)n1. The average Bonchev–Trinajstić information content (AvgIpc) is 3.02. The standard InChI is InChI=1S/C21H22N4O2/c1-13-6-7-17(20(22)27)21(24-13)25-11-15(19(26)12-25)10-14-8-9-23-18-5-3-2-4-16(14)18/h2-9,15,19,26H,10-12H2,1H3,(H2,22,27)/t15-,19+/m1/s1. The molecule has 1 aliphatic rings. The van der Waals surface area contributed by atoms with Gasteiger partial charge in [-0.15, -0.1) is 0 Å². The Morgan fingerprint density at radius 2 is 2.04 bits per heavy atom. The largest absolute Gasteiger partial charge is 0.391 e. The van der Waals surface area contributed by atoms with Crippen molar-refractivity contribution in [3.8, 4) is 0 Å². The van der Waals surface area contributed by atoms with Gasteiger partial charge in [0.05, 0.1) is 17.2 Å². The summed E-state index contributed by atoms with van der Waals surface area (Å²) in [4.78, 5) is 22.7. The number of fused-ring (bicyclic) bond motifs is 1. The van der Waals surface area contributed by atoms with E-state index in [9.17, 15) is 9.90 Å². The van der Waals surface area contributed by atoms with Crippen LogP contribution in [0.4, 0.5) is 5.82 Å². The van der Waals surface area contributed by atoms with Gasteiger partial charge in [-0.25, -0.2) is 4.98 Å². The molecule has 3 heterocycles. The summed E-state index contributed by atoms with van der Waals surface area (Å²) in [5, 5.41) is 11.8. The zero-order chi connectivity index (χ0) is 19.0. The molecule has 6 nitrogen and oxygen atoms in total. The normalized spacial score (nSPS) is 19.6. The lowest BCUT2D eigenvalue weighted by Gasteiger charge is -2.20. The van der Waals surface area contributed by atoms with Gasteiger partial charge in [-0.2, -0.15) is 0 Å². The molecule has 0 unspecified atom stereocenters. The molecule has 6 heteroatoms.